The third-order valence-electron chi connectivity index (χ3n) is 2.73. The van der Waals surface area contributed by atoms with Crippen molar-refractivity contribution in [1.82, 2.24) is 0 Å². The predicted molar refractivity (Wildman–Crippen MR) is 81.5 cm³/mol. The van der Waals surface area contributed by atoms with Crippen LogP contribution < -0.4 is 0 Å². The highest BCUT2D eigenvalue weighted by Crippen LogP contribution is 2.02. The van der Waals surface area contributed by atoms with E-state index in [0.29, 0.717) is 12.8 Å². The first kappa shape index (κ1) is 21.0. The molecule has 0 aliphatic rings. The van der Waals surface area contributed by atoms with Gasteiger partial charge in [-0.05, 0) is 25.7 Å². The second-order valence-corrected chi connectivity index (χ2v) is 4.50. The molecule has 118 valence electrons. The topological polar surface area (TPSA) is 52.6 Å². The molecule has 0 aromatic heterocycles. The van der Waals surface area contributed by atoms with Crippen molar-refractivity contribution >= 4 is 11.9 Å². The summed E-state index contributed by atoms with van der Waals surface area (Å²) in [5.74, 6) is -0.208. The summed E-state index contributed by atoms with van der Waals surface area (Å²) in [6.07, 6.45) is 10.4. The lowest BCUT2D eigenvalue weighted by molar-refractivity contribution is -0.141. The molecule has 4 heteroatoms. The van der Waals surface area contributed by atoms with Gasteiger partial charge in [-0.2, -0.15) is 0 Å². The van der Waals surface area contributed by atoms with Crippen molar-refractivity contribution in [3.63, 3.8) is 0 Å². The molecular formula is C16H30O4. The molecule has 20 heavy (non-hydrogen) atoms. The molecule has 0 fully saturated rings. The zero-order valence-electron chi connectivity index (χ0n) is 13.3. The van der Waals surface area contributed by atoms with Crippen LogP contribution in [0.3, 0.4) is 0 Å². The van der Waals surface area contributed by atoms with Crippen molar-refractivity contribution in [1.29, 1.82) is 0 Å². The maximum atomic E-state index is 10.6. The molecule has 0 saturated carbocycles. The highest BCUT2D eigenvalue weighted by Gasteiger charge is 1.97. The largest absolute Gasteiger partial charge is 0.469 e. The normalized spacial score (nSPS) is 9.15. The molecule has 0 aliphatic heterocycles. The average Bonchev–Trinajstić information content (AvgIpc) is 2.48. The number of ether oxygens (including phenoxy) is 2. The molecule has 0 aliphatic carbocycles. The standard InChI is InChI=1S/C8H16O2.C8H14O2/c2*1-3-4-5-6-7-8(9)10-2/h3-7H2,1-2H3;3H,1,4-7H2,2H3. The van der Waals surface area contributed by atoms with Crippen LogP contribution in [0.25, 0.3) is 0 Å². The third-order valence-corrected chi connectivity index (χ3v) is 2.73. The van der Waals surface area contributed by atoms with Gasteiger partial charge in [0.1, 0.15) is 0 Å². The highest BCUT2D eigenvalue weighted by atomic mass is 16.5. The van der Waals surface area contributed by atoms with Crippen LogP contribution in [0.4, 0.5) is 0 Å². The Balaban J connectivity index is 0. The van der Waals surface area contributed by atoms with Crippen molar-refractivity contribution in [3.8, 4) is 0 Å². The van der Waals surface area contributed by atoms with E-state index in [1.807, 2.05) is 6.08 Å². The Bertz CT molecular complexity index is 249. The van der Waals surface area contributed by atoms with Gasteiger partial charge in [-0.25, -0.2) is 0 Å². The first-order valence-electron chi connectivity index (χ1n) is 7.36. The lowest BCUT2D eigenvalue weighted by atomic mass is 10.2. The fraction of sp³-hybridized carbons (Fsp3) is 0.750. The SMILES string of the molecule is C=CCCCCC(=O)OC.CCCCCCC(=O)OC. The van der Waals surface area contributed by atoms with Gasteiger partial charge in [0.2, 0.25) is 0 Å². The van der Waals surface area contributed by atoms with Gasteiger partial charge in [-0.1, -0.05) is 32.3 Å². The summed E-state index contributed by atoms with van der Waals surface area (Å²) in [5.41, 5.74) is 0. The van der Waals surface area contributed by atoms with Gasteiger partial charge in [-0.15, -0.1) is 6.58 Å². The molecule has 4 nitrogen and oxygen atoms in total. The van der Waals surface area contributed by atoms with Crippen LogP contribution in [-0.2, 0) is 19.1 Å². The van der Waals surface area contributed by atoms with Gasteiger partial charge in [0.05, 0.1) is 14.2 Å². The van der Waals surface area contributed by atoms with Crippen molar-refractivity contribution in [2.24, 2.45) is 0 Å². The van der Waals surface area contributed by atoms with Gasteiger partial charge in [0, 0.05) is 12.8 Å². The third kappa shape index (κ3) is 19.0. The zero-order valence-corrected chi connectivity index (χ0v) is 13.3. The Labute approximate surface area is 123 Å². The molecule has 0 unspecified atom stereocenters. The number of hydrogen-bond donors (Lipinski definition) is 0. The second kappa shape index (κ2) is 17.7. The maximum absolute atomic E-state index is 10.6. The Hall–Kier alpha value is -1.32. The molecule has 0 spiro atoms. The number of unbranched alkanes of at least 4 members (excludes halogenated alkanes) is 5. The van der Waals surface area contributed by atoms with E-state index in [1.165, 1.54) is 27.1 Å². The molecule has 0 saturated heterocycles. The van der Waals surface area contributed by atoms with E-state index in [1.54, 1.807) is 0 Å². The van der Waals surface area contributed by atoms with Crippen LogP contribution in [0, 0.1) is 0 Å². The Kier molecular flexibility index (Phi) is 18.6. The molecule has 0 aromatic rings. The van der Waals surface area contributed by atoms with Crippen LogP contribution in [0.2, 0.25) is 0 Å². The lowest BCUT2D eigenvalue weighted by Crippen LogP contribution is -1.98. The van der Waals surface area contributed by atoms with Crippen molar-refractivity contribution in [3.05, 3.63) is 12.7 Å². The van der Waals surface area contributed by atoms with E-state index in [9.17, 15) is 9.59 Å². The summed E-state index contributed by atoms with van der Waals surface area (Å²) < 4.78 is 8.96. The van der Waals surface area contributed by atoms with Gasteiger partial charge < -0.3 is 9.47 Å². The van der Waals surface area contributed by atoms with Crippen LogP contribution in [0.1, 0.15) is 64.7 Å². The number of esters is 2. The van der Waals surface area contributed by atoms with Crippen LogP contribution >= 0.6 is 0 Å². The minimum Gasteiger partial charge on any atom is -0.469 e. The van der Waals surface area contributed by atoms with Crippen molar-refractivity contribution < 1.29 is 19.1 Å². The molecule has 0 bridgehead atoms. The summed E-state index contributed by atoms with van der Waals surface area (Å²) in [6, 6.07) is 0. The zero-order chi connectivity index (χ0) is 15.6. The van der Waals surface area contributed by atoms with Gasteiger partial charge in [-0.3, -0.25) is 9.59 Å². The van der Waals surface area contributed by atoms with Crippen molar-refractivity contribution in [2.75, 3.05) is 14.2 Å². The molecule has 0 atom stereocenters. The molecule has 0 N–H and O–H groups in total. The second-order valence-electron chi connectivity index (χ2n) is 4.50. The fourth-order valence-electron chi connectivity index (χ4n) is 1.46. The quantitative estimate of drug-likeness (QED) is 0.345. The van der Waals surface area contributed by atoms with Gasteiger partial charge >= 0.3 is 11.9 Å². The minimum absolute atomic E-state index is 0.0869. The van der Waals surface area contributed by atoms with E-state index >= 15 is 0 Å². The number of hydrogen-bond acceptors (Lipinski definition) is 4. The number of carbonyl (C=O) groups is 2. The van der Waals surface area contributed by atoms with Crippen molar-refractivity contribution in [2.45, 2.75) is 64.7 Å². The van der Waals surface area contributed by atoms with Crippen LogP contribution in [-0.4, -0.2) is 26.2 Å². The average molecular weight is 286 g/mol. The number of carbonyl (C=O) groups excluding carboxylic acids is 2. The van der Waals surface area contributed by atoms with E-state index in [-0.39, 0.29) is 11.9 Å². The Morgan fingerprint density at radius 3 is 1.80 bits per heavy atom. The highest BCUT2D eigenvalue weighted by molar-refractivity contribution is 5.69. The summed E-state index contributed by atoms with van der Waals surface area (Å²) in [6.45, 7) is 5.73. The lowest BCUT2D eigenvalue weighted by Gasteiger charge is -1.97. The van der Waals surface area contributed by atoms with Crippen LogP contribution in [0.5, 0.6) is 0 Å². The molecule has 0 amide bonds. The monoisotopic (exact) mass is 286 g/mol. The first-order chi connectivity index (χ1) is 9.62. The van der Waals surface area contributed by atoms with Gasteiger partial charge in [0.15, 0.2) is 0 Å². The Morgan fingerprint density at radius 1 is 0.900 bits per heavy atom. The minimum atomic E-state index is -0.121. The smallest absolute Gasteiger partial charge is 0.305 e. The van der Waals surface area contributed by atoms with Gasteiger partial charge in [0.25, 0.3) is 0 Å². The maximum Gasteiger partial charge on any atom is 0.305 e. The Morgan fingerprint density at radius 2 is 1.40 bits per heavy atom. The molecule has 0 rings (SSSR count). The van der Waals surface area contributed by atoms with E-state index in [2.05, 4.69) is 23.0 Å². The number of rotatable bonds is 10. The molecular weight excluding hydrogens is 256 g/mol. The summed E-state index contributed by atoms with van der Waals surface area (Å²) in [4.78, 5) is 21.1. The summed E-state index contributed by atoms with van der Waals surface area (Å²) in [5, 5.41) is 0. The summed E-state index contributed by atoms with van der Waals surface area (Å²) >= 11 is 0. The first-order valence-corrected chi connectivity index (χ1v) is 7.36. The molecule has 0 aromatic carbocycles. The molecule has 0 heterocycles. The van der Waals surface area contributed by atoms with E-state index < -0.39 is 0 Å². The summed E-state index contributed by atoms with van der Waals surface area (Å²) in [7, 11) is 2.85. The fourth-order valence-corrected chi connectivity index (χ4v) is 1.46. The van der Waals surface area contributed by atoms with Crippen LogP contribution in [0.15, 0.2) is 12.7 Å². The number of allylic oxidation sites excluding steroid dienone is 1. The molecule has 0 radical (unpaired) electrons. The predicted octanol–water partition coefficient (Wildman–Crippen LogP) is 4.04. The number of methoxy groups -OCH3 is 2. The van der Waals surface area contributed by atoms with E-state index in [4.69, 9.17) is 0 Å². The van der Waals surface area contributed by atoms with E-state index in [0.717, 1.165) is 32.1 Å².